The van der Waals surface area contributed by atoms with Gasteiger partial charge in [0.1, 0.15) is 10.7 Å². The first kappa shape index (κ1) is 14.1. The van der Waals surface area contributed by atoms with Crippen molar-refractivity contribution in [1.29, 1.82) is 0 Å². The second-order valence-corrected chi connectivity index (χ2v) is 6.50. The number of hydrogen-bond acceptors (Lipinski definition) is 4. The first-order valence-electron chi connectivity index (χ1n) is 6.29. The molecule has 0 saturated carbocycles. The number of aryl methyl sites for hydroxylation is 1. The molecule has 0 saturated heterocycles. The van der Waals surface area contributed by atoms with Gasteiger partial charge in [0.25, 0.3) is 5.91 Å². The average Bonchev–Trinajstić information content (AvgIpc) is 3.01. The summed E-state index contributed by atoms with van der Waals surface area (Å²) in [6.45, 7) is 0.372. The van der Waals surface area contributed by atoms with Crippen LogP contribution in [0.5, 0.6) is 0 Å². The summed E-state index contributed by atoms with van der Waals surface area (Å²) in [5, 5.41) is 3.75. The van der Waals surface area contributed by atoms with Crippen molar-refractivity contribution in [3.63, 3.8) is 0 Å². The summed E-state index contributed by atoms with van der Waals surface area (Å²) >= 11 is 4.87. The van der Waals surface area contributed by atoms with E-state index >= 15 is 0 Å². The van der Waals surface area contributed by atoms with Crippen molar-refractivity contribution in [3.8, 4) is 0 Å². The molecule has 2 heterocycles. The Morgan fingerprint density at radius 1 is 1.52 bits per heavy atom. The van der Waals surface area contributed by atoms with Gasteiger partial charge in [0.15, 0.2) is 0 Å². The summed E-state index contributed by atoms with van der Waals surface area (Å²) in [5.74, 6) is 0.618. The predicted octanol–water partition coefficient (Wildman–Crippen LogP) is 2.91. The monoisotopic (exact) mass is 364 g/mol. The third-order valence-electron chi connectivity index (χ3n) is 3.24. The molecule has 2 aromatic heterocycles. The van der Waals surface area contributed by atoms with Gasteiger partial charge in [0, 0.05) is 34.0 Å². The number of nitrogens with one attached hydrogen (secondary N) is 1. The highest BCUT2D eigenvalue weighted by atomic mass is 79.9. The smallest absolute Gasteiger partial charge is 0.263 e. The molecule has 1 amide bonds. The molecule has 0 spiro atoms. The molecule has 7 heteroatoms. The number of amides is 1. The lowest BCUT2D eigenvalue weighted by Crippen LogP contribution is -2.24. The molecule has 5 nitrogen and oxygen atoms in total. The lowest BCUT2D eigenvalue weighted by atomic mass is 10.2. The number of nitrogen functional groups attached to an aromatic ring is 1. The van der Waals surface area contributed by atoms with Crippen molar-refractivity contribution in [2.45, 2.75) is 6.54 Å². The van der Waals surface area contributed by atoms with E-state index in [4.69, 9.17) is 5.73 Å². The van der Waals surface area contributed by atoms with E-state index in [1.165, 1.54) is 11.3 Å². The zero-order chi connectivity index (χ0) is 15.0. The van der Waals surface area contributed by atoms with Crippen LogP contribution in [0, 0.1) is 0 Å². The number of hydrogen-bond donors (Lipinski definition) is 2. The quantitative estimate of drug-likeness (QED) is 0.750. The first-order chi connectivity index (χ1) is 10.1. The molecular weight excluding hydrogens is 352 g/mol. The number of imidazole rings is 1. The largest absolute Gasteiger partial charge is 0.397 e. The number of fused-ring (bicyclic) bond motifs is 1. The van der Waals surface area contributed by atoms with Crippen LogP contribution in [-0.2, 0) is 13.6 Å². The standard InChI is InChI=1S/C14H13BrN4OS/c1-19-6-5-17-10(19)7-18-14(20)13-12(16)11-8(15)3-2-4-9(11)21-13/h2-6H,7,16H2,1H3,(H,18,20). The molecule has 3 rings (SSSR count). The fraction of sp³-hybridized carbons (Fsp3) is 0.143. The molecule has 3 N–H and O–H groups in total. The van der Waals surface area contributed by atoms with Gasteiger partial charge >= 0.3 is 0 Å². The van der Waals surface area contributed by atoms with Crippen LogP contribution >= 0.6 is 27.3 Å². The van der Waals surface area contributed by atoms with Crippen LogP contribution in [0.25, 0.3) is 10.1 Å². The second-order valence-electron chi connectivity index (χ2n) is 4.59. The highest BCUT2D eigenvalue weighted by molar-refractivity contribution is 9.10. The van der Waals surface area contributed by atoms with Crippen LogP contribution in [0.4, 0.5) is 5.69 Å². The van der Waals surface area contributed by atoms with Crippen molar-refractivity contribution in [3.05, 3.63) is 45.8 Å². The molecule has 0 bridgehead atoms. The Hall–Kier alpha value is -1.86. The van der Waals surface area contributed by atoms with Crippen LogP contribution in [0.1, 0.15) is 15.5 Å². The van der Waals surface area contributed by atoms with Crippen LogP contribution in [0.15, 0.2) is 35.1 Å². The predicted molar refractivity (Wildman–Crippen MR) is 88.3 cm³/mol. The average molecular weight is 365 g/mol. The van der Waals surface area contributed by atoms with Gasteiger partial charge in [-0.2, -0.15) is 0 Å². The normalized spacial score (nSPS) is 11.0. The zero-order valence-electron chi connectivity index (χ0n) is 11.3. The minimum atomic E-state index is -0.177. The van der Waals surface area contributed by atoms with Gasteiger partial charge < -0.3 is 15.6 Å². The molecule has 0 fully saturated rings. The summed E-state index contributed by atoms with van der Waals surface area (Å²) in [6, 6.07) is 5.80. The van der Waals surface area contributed by atoms with E-state index < -0.39 is 0 Å². The van der Waals surface area contributed by atoms with Crippen molar-refractivity contribution < 1.29 is 4.79 Å². The van der Waals surface area contributed by atoms with E-state index in [1.54, 1.807) is 6.20 Å². The maximum absolute atomic E-state index is 12.3. The summed E-state index contributed by atoms with van der Waals surface area (Å²) in [6.07, 6.45) is 3.54. The van der Waals surface area contributed by atoms with Gasteiger partial charge in [-0.1, -0.05) is 22.0 Å². The number of halogens is 1. The SMILES string of the molecule is Cn1ccnc1CNC(=O)c1sc2cccc(Br)c2c1N. The molecule has 108 valence electrons. The van der Waals surface area contributed by atoms with Gasteiger partial charge in [-0.15, -0.1) is 11.3 Å². The minimum absolute atomic E-state index is 0.177. The Kier molecular flexibility index (Phi) is 3.69. The van der Waals surface area contributed by atoms with Crippen molar-refractivity contribution >= 4 is 48.9 Å². The third kappa shape index (κ3) is 2.54. The summed E-state index contributed by atoms with van der Waals surface area (Å²) in [4.78, 5) is 17.0. The molecule has 0 radical (unpaired) electrons. The summed E-state index contributed by atoms with van der Waals surface area (Å²) in [7, 11) is 1.89. The number of benzene rings is 1. The number of thiophene rings is 1. The minimum Gasteiger partial charge on any atom is -0.397 e. The van der Waals surface area contributed by atoms with Gasteiger partial charge in [0.05, 0.1) is 12.2 Å². The van der Waals surface area contributed by atoms with Gasteiger partial charge in [-0.3, -0.25) is 4.79 Å². The molecule has 0 aliphatic heterocycles. The van der Waals surface area contributed by atoms with Crippen LogP contribution in [0.2, 0.25) is 0 Å². The lowest BCUT2D eigenvalue weighted by Gasteiger charge is -2.04. The summed E-state index contributed by atoms with van der Waals surface area (Å²) < 4.78 is 3.76. The Morgan fingerprint density at radius 3 is 3.00 bits per heavy atom. The maximum Gasteiger partial charge on any atom is 0.263 e. The Labute approximate surface area is 133 Å². The van der Waals surface area contributed by atoms with Crippen molar-refractivity contribution in [1.82, 2.24) is 14.9 Å². The molecule has 0 atom stereocenters. The number of anilines is 1. The van der Waals surface area contributed by atoms with Gasteiger partial charge in [0.2, 0.25) is 0 Å². The third-order valence-corrected chi connectivity index (χ3v) is 5.07. The summed E-state index contributed by atoms with van der Waals surface area (Å²) in [5.41, 5.74) is 6.63. The number of aromatic nitrogens is 2. The molecule has 21 heavy (non-hydrogen) atoms. The molecule has 1 aromatic carbocycles. The van der Waals surface area contributed by atoms with Crippen LogP contribution < -0.4 is 11.1 Å². The van der Waals surface area contributed by atoms with Crippen LogP contribution in [0.3, 0.4) is 0 Å². The lowest BCUT2D eigenvalue weighted by molar-refractivity contribution is 0.0954. The maximum atomic E-state index is 12.3. The van der Waals surface area contributed by atoms with E-state index in [-0.39, 0.29) is 5.91 Å². The number of rotatable bonds is 3. The zero-order valence-corrected chi connectivity index (χ0v) is 13.7. The number of nitrogens with zero attached hydrogens (tertiary/aromatic N) is 2. The highest BCUT2D eigenvalue weighted by Crippen LogP contribution is 2.38. The van der Waals surface area contributed by atoms with Crippen molar-refractivity contribution in [2.24, 2.45) is 7.05 Å². The Morgan fingerprint density at radius 2 is 2.33 bits per heavy atom. The van der Waals surface area contributed by atoms with E-state index in [9.17, 15) is 4.79 Å². The van der Waals surface area contributed by atoms with Gasteiger partial charge in [-0.25, -0.2) is 4.98 Å². The number of nitrogens with two attached hydrogens (primary N) is 1. The van der Waals surface area contributed by atoms with E-state index in [1.807, 2.05) is 36.0 Å². The molecule has 0 aliphatic rings. The molecule has 0 unspecified atom stereocenters. The Balaban J connectivity index is 1.87. The fourth-order valence-electron chi connectivity index (χ4n) is 2.10. The molecular formula is C14H13BrN4OS. The van der Waals surface area contributed by atoms with E-state index in [2.05, 4.69) is 26.2 Å². The molecule has 0 aliphatic carbocycles. The van der Waals surface area contributed by atoms with E-state index in [0.717, 1.165) is 20.4 Å². The topological polar surface area (TPSA) is 72.9 Å². The molecule has 3 aromatic rings. The first-order valence-corrected chi connectivity index (χ1v) is 7.89. The van der Waals surface area contributed by atoms with Crippen LogP contribution in [-0.4, -0.2) is 15.5 Å². The Bertz CT molecular complexity index is 824. The van der Waals surface area contributed by atoms with Gasteiger partial charge in [-0.05, 0) is 12.1 Å². The number of carbonyl (C=O) groups is 1. The highest BCUT2D eigenvalue weighted by Gasteiger charge is 2.18. The second kappa shape index (κ2) is 5.50. The van der Waals surface area contributed by atoms with E-state index in [0.29, 0.717) is 17.1 Å². The fourth-order valence-corrected chi connectivity index (χ4v) is 3.88. The van der Waals surface area contributed by atoms with Crippen molar-refractivity contribution in [2.75, 3.05) is 5.73 Å². The number of carbonyl (C=O) groups excluding carboxylic acids is 1.